The smallest absolute Gasteiger partial charge is 0.437 e. The first-order valence-corrected chi connectivity index (χ1v) is 18.8. The molecule has 0 heterocycles. The molecule has 0 aromatic heterocycles. The predicted molar refractivity (Wildman–Crippen MR) is 210 cm³/mol. The highest BCUT2D eigenvalue weighted by Gasteiger charge is 2.35. The molecule has 0 aliphatic carbocycles. The van der Waals surface area contributed by atoms with Crippen molar-refractivity contribution in [3.05, 3.63) is 163 Å². The van der Waals surface area contributed by atoms with Gasteiger partial charge in [-0.2, -0.15) is 5.26 Å². The molecule has 0 fully saturated rings. The van der Waals surface area contributed by atoms with E-state index in [1.807, 2.05) is 127 Å². The van der Waals surface area contributed by atoms with Gasteiger partial charge >= 0.3 is 12.2 Å². The number of nitriles is 1. The summed E-state index contributed by atoms with van der Waals surface area (Å²) in [6, 6.07) is 48.0. The van der Waals surface area contributed by atoms with E-state index in [1.165, 1.54) is 0 Å². The van der Waals surface area contributed by atoms with Gasteiger partial charge in [0, 0.05) is 6.54 Å². The van der Waals surface area contributed by atoms with Gasteiger partial charge < -0.3 is 20.9 Å². The zero-order valence-corrected chi connectivity index (χ0v) is 29.9. The van der Waals surface area contributed by atoms with E-state index in [2.05, 4.69) is 11.1 Å². The van der Waals surface area contributed by atoms with Gasteiger partial charge in [0.1, 0.15) is 24.6 Å². The van der Waals surface area contributed by atoms with E-state index in [-0.39, 0.29) is 37.9 Å². The Morgan fingerprint density at radius 2 is 1.09 bits per heavy atom. The Morgan fingerprint density at radius 3 is 1.53 bits per heavy atom. The Hall–Kier alpha value is -6.27. The van der Waals surface area contributed by atoms with Gasteiger partial charge in [-0.15, -0.1) is 4.99 Å². The Balaban J connectivity index is 1.41. The summed E-state index contributed by atoms with van der Waals surface area (Å²) < 4.78 is 10.7. The molecule has 5 aromatic rings. The van der Waals surface area contributed by atoms with Crippen molar-refractivity contribution >= 4 is 52.0 Å². The summed E-state index contributed by atoms with van der Waals surface area (Å²) in [5.41, 5.74) is 14.3. The highest BCUT2D eigenvalue weighted by atomic mass is 31.2. The Bertz CT molecular complexity index is 2000. The van der Waals surface area contributed by atoms with Crippen molar-refractivity contribution in [2.45, 2.75) is 32.1 Å². The number of ketones is 1. The molecule has 0 aliphatic rings. The Labute approximate surface area is 309 Å². The summed E-state index contributed by atoms with van der Waals surface area (Å²) >= 11 is 0. The van der Waals surface area contributed by atoms with E-state index >= 15 is 0 Å². The van der Waals surface area contributed by atoms with E-state index in [0.29, 0.717) is 0 Å². The van der Waals surface area contributed by atoms with Crippen LogP contribution in [0.3, 0.4) is 0 Å². The van der Waals surface area contributed by atoms with Crippen LogP contribution in [0.1, 0.15) is 24.0 Å². The normalized spacial score (nSPS) is 11.8. The van der Waals surface area contributed by atoms with E-state index in [0.717, 1.165) is 31.9 Å². The SMILES string of the molecule is N#CC(C(=O)[C@@H](N)CCCN(C(=O)OCc1ccccc1)/C(N)=N\C(=O)OCc1ccccc1)=P(c1ccccc1)(c1ccccc1)c1ccccc1. The molecular formula is C42H40N5O5P. The third kappa shape index (κ3) is 9.54. The molecule has 0 unspecified atom stereocenters. The molecule has 10 nitrogen and oxygen atoms in total. The van der Waals surface area contributed by atoms with E-state index in [9.17, 15) is 19.6 Å². The monoisotopic (exact) mass is 725 g/mol. The quantitative estimate of drug-likeness (QED) is 0.0896. The number of hydrogen-bond donors (Lipinski definition) is 2. The van der Waals surface area contributed by atoms with Crippen LogP contribution >= 0.6 is 6.89 Å². The molecule has 4 N–H and O–H groups in total. The molecule has 2 amide bonds. The van der Waals surface area contributed by atoms with E-state index < -0.39 is 36.9 Å². The maximum absolute atomic E-state index is 14.4. The second kappa shape index (κ2) is 18.8. The fraction of sp³-hybridized carbons (Fsp3) is 0.143. The molecule has 5 rings (SSSR count). The van der Waals surface area contributed by atoms with Gasteiger partial charge in [-0.05, 0) is 46.8 Å². The number of nitrogens with zero attached hydrogens (tertiary/aromatic N) is 3. The molecule has 0 saturated heterocycles. The number of amides is 2. The fourth-order valence-electron chi connectivity index (χ4n) is 5.86. The second-order valence-corrected chi connectivity index (χ2v) is 15.3. The number of carbonyl (C=O) groups excluding carboxylic acids is 3. The summed E-state index contributed by atoms with van der Waals surface area (Å²) in [7, 11) is 0. The Morgan fingerprint density at radius 1 is 0.679 bits per heavy atom. The topological polar surface area (TPSA) is 161 Å². The number of benzene rings is 5. The van der Waals surface area contributed by atoms with Crippen molar-refractivity contribution in [3.8, 4) is 6.07 Å². The first kappa shape index (κ1) is 38.0. The standard InChI is InChI=1S/C42H40N5O5P/c43-29-38(53(34-21-10-3-11-22-34,35-23-12-4-13-24-35)36-25-14-5-15-26-36)39(48)37(44)27-16-28-47(42(50)52-31-33-19-8-2-9-20-33)40(45)46-41(49)51-30-32-17-6-1-7-18-32/h1-15,17-26,37H,16,27-28,30-31,44H2,(H2,45,46,49)/t37-/m0/s1. The van der Waals surface area contributed by atoms with Gasteiger partial charge in [-0.25, -0.2) is 14.5 Å². The minimum atomic E-state index is -2.99. The van der Waals surface area contributed by atoms with Crippen LogP contribution in [0.2, 0.25) is 0 Å². The third-order valence-electron chi connectivity index (χ3n) is 8.45. The molecule has 53 heavy (non-hydrogen) atoms. The lowest BCUT2D eigenvalue weighted by Gasteiger charge is -2.30. The van der Waals surface area contributed by atoms with Crippen molar-refractivity contribution in [2.24, 2.45) is 16.5 Å². The highest BCUT2D eigenvalue weighted by Crippen LogP contribution is 2.46. The molecule has 5 aromatic carbocycles. The van der Waals surface area contributed by atoms with Gasteiger partial charge in [0.05, 0.1) is 6.04 Å². The number of Topliss-reactive ketones (excluding diaryl/α,β-unsaturated/α-hetero) is 1. The van der Waals surface area contributed by atoms with Crippen LogP contribution in [0.15, 0.2) is 157 Å². The van der Waals surface area contributed by atoms with Crippen LogP contribution < -0.4 is 27.4 Å². The lowest BCUT2D eigenvalue weighted by atomic mass is 10.1. The summed E-state index contributed by atoms with van der Waals surface area (Å²) in [5.74, 6) is -0.936. The molecule has 0 radical (unpaired) electrons. The van der Waals surface area contributed by atoms with Gasteiger partial charge in [0.15, 0.2) is 5.78 Å². The van der Waals surface area contributed by atoms with Crippen LogP contribution in [0.5, 0.6) is 0 Å². The van der Waals surface area contributed by atoms with Crippen molar-refractivity contribution in [3.63, 3.8) is 0 Å². The first-order valence-electron chi connectivity index (χ1n) is 17.0. The van der Waals surface area contributed by atoms with Gasteiger partial charge in [0.2, 0.25) is 5.96 Å². The second-order valence-electron chi connectivity index (χ2n) is 12.0. The number of guanidine groups is 1. The number of aliphatic imine (C=N–C) groups is 1. The maximum Gasteiger partial charge on any atom is 0.437 e. The van der Waals surface area contributed by atoms with Crippen molar-refractivity contribution in [2.75, 3.05) is 6.54 Å². The van der Waals surface area contributed by atoms with Crippen LogP contribution in [0.25, 0.3) is 0 Å². The molecule has 11 heteroatoms. The molecule has 0 saturated carbocycles. The van der Waals surface area contributed by atoms with Gasteiger partial charge in [-0.3, -0.25) is 4.79 Å². The van der Waals surface area contributed by atoms with Gasteiger partial charge in [-0.1, -0.05) is 152 Å². The summed E-state index contributed by atoms with van der Waals surface area (Å²) in [6.07, 6.45) is -1.60. The minimum absolute atomic E-state index is 0.0390. The predicted octanol–water partition coefficient (Wildman–Crippen LogP) is 5.64. The van der Waals surface area contributed by atoms with E-state index in [1.54, 1.807) is 24.3 Å². The van der Waals surface area contributed by atoms with Crippen LogP contribution in [-0.2, 0) is 27.5 Å². The lowest BCUT2D eigenvalue weighted by Crippen LogP contribution is -2.44. The van der Waals surface area contributed by atoms with Crippen LogP contribution in [0.4, 0.5) is 9.59 Å². The summed E-state index contributed by atoms with van der Waals surface area (Å²) in [6.45, 7) is -3.17. The molecule has 1 atom stereocenters. The molecular weight excluding hydrogens is 685 g/mol. The van der Waals surface area contributed by atoms with E-state index in [4.69, 9.17) is 20.9 Å². The van der Waals surface area contributed by atoms with Crippen LogP contribution in [0, 0.1) is 11.3 Å². The average molecular weight is 726 g/mol. The van der Waals surface area contributed by atoms with Crippen molar-refractivity contribution < 1.29 is 23.9 Å². The zero-order chi connectivity index (χ0) is 37.5. The first-order chi connectivity index (χ1) is 25.8. The number of rotatable bonds is 13. The number of ether oxygens (including phenoxy) is 2. The third-order valence-corrected chi connectivity index (χ3v) is 12.7. The molecule has 0 bridgehead atoms. The van der Waals surface area contributed by atoms with Crippen molar-refractivity contribution in [1.29, 1.82) is 5.26 Å². The average Bonchev–Trinajstić information content (AvgIpc) is 3.21. The van der Waals surface area contributed by atoms with Gasteiger partial charge in [0.25, 0.3) is 0 Å². The van der Waals surface area contributed by atoms with Crippen molar-refractivity contribution in [1.82, 2.24) is 4.90 Å². The summed E-state index contributed by atoms with van der Waals surface area (Å²) in [5, 5.41) is 13.4. The zero-order valence-electron chi connectivity index (χ0n) is 29.0. The molecule has 0 spiro atoms. The maximum atomic E-state index is 14.4. The van der Waals surface area contributed by atoms with Crippen LogP contribution in [-0.4, -0.2) is 46.7 Å². The number of hydrogen-bond acceptors (Lipinski definition) is 7. The Kier molecular flexibility index (Phi) is 13.5. The highest BCUT2D eigenvalue weighted by molar-refractivity contribution is 7.97. The summed E-state index contributed by atoms with van der Waals surface area (Å²) in [4.78, 5) is 45.1. The fourth-order valence-corrected chi connectivity index (χ4v) is 10.0. The molecule has 0 aliphatic heterocycles. The molecule has 268 valence electrons. The number of nitrogens with two attached hydrogens (primary N) is 2. The largest absolute Gasteiger partial charge is 0.444 e. The minimum Gasteiger partial charge on any atom is -0.444 e. The number of carbonyl (C=O) groups is 3. The lowest BCUT2D eigenvalue weighted by molar-refractivity contribution is -0.114.